The summed E-state index contributed by atoms with van der Waals surface area (Å²) in [4.78, 5) is 22.8. The minimum Gasteiger partial charge on any atom is -0.299 e. The molecule has 0 atom stereocenters. The summed E-state index contributed by atoms with van der Waals surface area (Å²) in [5.74, 6) is -0.516. The molecule has 0 fully saturated rings. The Hall–Kier alpha value is -1.65. The normalized spacial score (nSPS) is 11.4. The Bertz CT molecular complexity index is 464. The van der Waals surface area contributed by atoms with Crippen molar-refractivity contribution in [1.29, 1.82) is 0 Å². The number of carbonyl (C=O) groups excluding carboxylic acids is 2. The maximum atomic E-state index is 12.5. The Kier molecular flexibility index (Phi) is 5.27. The molecule has 19 heavy (non-hydrogen) atoms. The topological polar surface area (TPSA) is 34.1 Å². The van der Waals surface area contributed by atoms with Crippen LogP contribution in [0.15, 0.2) is 24.3 Å². The van der Waals surface area contributed by atoms with E-state index in [-0.39, 0.29) is 30.0 Å². The molecule has 0 unspecified atom stereocenters. The van der Waals surface area contributed by atoms with Crippen LogP contribution in [0.5, 0.6) is 0 Å². The molecule has 1 rings (SSSR count). The van der Waals surface area contributed by atoms with Crippen LogP contribution < -0.4 is 0 Å². The van der Waals surface area contributed by atoms with Gasteiger partial charge in [0.2, 0.25) is 0 Å². The van der Waals surface area contributed by atoms with Crippen molar-refractivity contribution in [3.05, 3.63) is 35.4 Å². The molecule has 1 aromatic rings. The molecule has 104 valence electrons. The molecule has 1 aromatic carbocycles. The van der Waals surface area contributed by atoms with Crippen molar-refractivity contribution in [3.63, 3.8) is 0 Å². The lowest BCUT2D eigenvalue weighted by atomic mass is 10.0. The highest BCUT2D eigenvalue weighted by atomic mass is 19.4. The van der Waals surface area contributed by atoms with Crippen LogP contribution in [0.3, 0.4) is 0 Å². The summed E-state index contributed by atoms with van der Waals surface area (Å²) in [7, 11) is 0. The Morgan fingerprint density at radius 2 is 1.84 bits per heavy atom. The van der Waals surface area contributed by atoms with Crippen LogP contribution in [-0.2, 0) is 22.2 Å². The third kappa shape index (κ3) is 5.24. The monoisotopic (exact) mass is 272 g/mol. The first kappa shape index (κ1) is 15.4. The quantitative estimate of drug-likeness (QED) is 0.742. The Morgan fingerprint density at radius 1 is 1.16 bits per heavy atom. The van der Waals surface area contributed by atoms with Crippen LogP contribution in [0.1, 0.15) is 37.3 Å². The van der Waals surface area contributed by atoms with Crippen molar-refractivity contribution >= 4 is 11.6 Å². The fraction of sp³-hybridized carbons (Fsp3) is 0.429. The van der Waals surface area contributed by atoms with Gasteiger partial charge in [-0.15, -0.1) is 0 Å². The molecular weight excluding hydrogens is 257 g/mol. The molecule has 0 bridgehead atoms. The van der Waals surface area contributed by atoms with Gasteiger partial charge in [0, 0.05) is 12.8 Å². The van der Waals surface area contributed by atoms with Crippen LogP contribution in [0.2, 0.25) is 0 Å². The average molecular weight is 272 g/mol. The van der Waals surface area contributed by atoms with E-state index in [4.69, 9.17) is 0 Å². The molecule has 0 aliphatic carbocycles. The van der Waals surface area contributed by atoms with E-state index in [2.05, 4.69) is 0 Å². The molecule has 0 heterocycles. The molecule has 0 aliphatic heterocycles. The highest BCUT2D eigenvalue weighted by Gasteiger charge is 2.30. The fourth-order valence-corrected chi connectivity index (χ4v) is 1.73. The molecule has 0 saturated heterocycles. The molecule has 0 aliphatic rings. The molecule has 2 nitrogen and oxygen atoms in total. The van der Waals surface area contributed by atoms with Crippen LogP contribution >= 0.6 is 0 Å². The van der Waals surface area contributed by atoms with Crippen molar-refractivity contribution in [2.24, 2.45) is 0 Å². The average Bonchev–Trinajstić information content (AvgIpc) is 2.28. The number of benzene rings is 1. The third-order valence-corrected chi connectivity index (χ3v) is 2.58. The maximum absolute atomic E-state index is 12.5. The lowest BCUT2D eigenvalue weighted by Crippen LogP contribution is -2.11. The van der Waals surface area contributed by atoms with E-state index >= 15 is 0 Å². The number of hydrogen-bond acceptors (Lipinski definition) is 2. The molecular formula is C14H15F3O2. The van der Waals surface area contributed by atoms with Gasteiger partial charge in [-0.3, -0.25) is 9.59 Å². The molecule has 5 heteroatoms. The zero-order chi connectivity index (χ0) is 14.5. The molecule has 0 radical (unpaired) electrons. The summed E-state index contributed by atoms with van der Waals surface area (Å²) in [6.07, 6.45) is -3.77. The van der Waals surface area contributed by atoms with Crippen molar-refractivity contribution in [3.8, 4) is 0 Å². The largest absolute Gasteiger partial charge is 0.416 e. The second-order valence-electron chi connectivity index (χ2n) is 4.38. The van der Waals surface area contributed by atoms with Gasteiger partial charge in [-0.25, -0.2) is 0 Å². The van der Waals surface area contributed by atoms with Crippen molar-refractivity contribution in [2.75, 3.05) is 0 Å². The molecule has 0 spiro atoms. The number of alkyl halides is 3. The number of ketones is 2. The van der Waals surface area contributed by atoms with E-state index in [0.717, 1.165) is 12.1 Å². The second kappa shape index (κ2) is 6.50. The van der Waals surface area contributed by atoms with Gasteiger partial charge in [-0.2, -0.15) is 13.2 Å². The van der Waals surface area contributed by atoms with E-state index in [1.54, 1.807) is 0 Å². The smallest absolute Gasteiger partial charge is 0.299 e. The fourth-order valence-electron chi connectivity index (χ4n) is 1.73. The second-order valence-corrected chi connectivity index (χ2v) is 4.38. The standard InChI is InChI=1S/C14H15F3O2/c1-2-4-12(18)9-13(19)8-10-5-3-6-11(7-10)14(15,16)17/h3,5-7H,2,4,8-9H2,1H3. The summed E-state index contributed by atoms with van der Waals surface area (Å²) < 4.78 is 37.4. The minimum atomic E-state index is -4.42. The zero-order valence-corrected chi connectivity index (χ0v) is 10.6. The predicted molar refractivity (Wildman–Crippen MR) is 64.7 cm³/mol. The molecule has 0 amide bonds. The number of carbonyl (C=O) groups is 2. The highest BCUT2D eigenvalue weighted by Crippen LogP contribution is 2.29. The summed E-state index contributed by atoms with van der Waals surface area (Å²) in [6.45, 7) is 1.83. The van der Waals surface area contributed by atoms with Gasteiger partial charge in [-0.05, 0) is 18.1 Å². The summed E-state index contributed by atoms with van der Waals surface area (Å²) in [6, 6.07) is 4.62. The van der Waals surface area contributed by atoms with E-state index in [1.807, 2.05) is 6.92 Å². The zero-order valence-electron chi connectivity index (χ0n) is 10.6. The first-order valence-corrected chi connectivity index (χ1v) is 6.02. The first-order chi connectivity index (χ1) is 8.82. The number of hydrogen-bond donors (Lipinski definition) is 0. The SMILES string of the molecule is CCCC(=O)CC(=O)Cc1cccc(C(F)(F)F)c1. The van der Waals surface area contributed by atoms with Gasteiger partial charge in [0.05, 0.1) is 12.0 Å². The summed E-state index contributed by atoms with van der Waals surface area (Å²) >= 11 is 0. The van der Waals surface area contributed by atoms with Crippen LogP contribution in [0.4, 0.5) is 13.2 Å². The number of Topliss-reactive ketones (excluding diaryl/α,β-unsaturated/α-hetero) is 2. The van der Waals surface area contributed by atoms with Gasteiger partial charge >= 0.3 is 6.18 Å². The van der Waals surface area contributed by atoms with Gasteiger partial charge in [-0.1, -0.05) is 25.1 Å². The van der Waals surface area contributed by atoms with Crippen molar-refractivity contribution in [2.45, 2.75) is 38.8 Å². The minimum absolute atomic E-state index is 0.140. The van der Waals surface area contributed by atoms with E-state index < -0.39 is 11.7 Å². The van der Waals surface area contributed by atoms with Gasteiger partial charge in [0.25, 0.3) is 0 Å². The summed E-state index contributed by atoms with van der Waals surface area (Å²) in [5.41, 5.74) is -0.498. The molecule has 0 N–H and O–H groups in total. The maximum Gasteiger partial charge on any atom is 0.416 e. The summed E-state index contributed by atoms with van der Waals surface area (Å²) in [5, 5.41) is 0. The number of halogens is 3. The van der Waals surface area contributed by atoms with Gasteiger partial charge < -0.3 is 0 Å². The lowest BCUT2D eigenvalue weighted by Gasteiger charge is -2.08. The van der Waals surface area contributed by atoms with Gasteiger partial charge in [0.1, 0.15) is 11.6 Å². The number of rotatable bonds is 6. The van der Waals surface area contributed by atoms with Crippen molar-refractivity contribution in [1.82, 2.24) is 0 Å². The Labute approximate surface area is 109 Å². The van der Waals surface area contributed by atoms with Gasteiger partial charge in [0.15, 0.2) is 0 Å². The van der Waals surface area contributed by atoms with E-state index in [0.29, 0.717) is 12.8 Å². The molecule has 0 saturated carbocycles. The first-order valence-electron chi connectivity index (χ1n) is 6.02. The van der Waals surface area contributed by atoms with E-state index in [1.165, 1.54) is 12.1 Å². The van der Waals surface area contributed by atoms with Crippen molar-refractivity contribution < 1.29 is 22.8 Å². The lowest BCUT2D eigenvalue weighted by molar-refractivity contribution is -0.137. The Morgan fingerprint density at radius 3 is 2.42 bits per heavy atom. The third-order valence-electron chi connectivity index (χ3n) is 2.58. The van der Waals surface area contributed by atoms with E-state index in [9.17, 15) is 22.8 Å². The molecule has 0 aromatic heterocycles. The van der Waals surface area contributed by atoms with Crippen LogP contribution in [-0.4, -0.2) is 11.6 Å². The highest BCUT2D eigenvalue weighted by molar-refractivity contribution is 5.99. The predicted octanol–water partition coefficient (Wildman–Crippen LogP) is 3.58. The Balaban J connectivity index is 2.67. The van der Waals surface area contributed by atoms with Crippen LogP contribution in [0.25, 0.3) is 0 Å². The van der Waals surface area contributed by atoms with Crippen LogP contribution in [0, 0.1) is 0 Å².